The van der Waals surface area contributed by atoms with Crippen LogP contribution in [0.2, 0.25) is 0 Å². The molecule has 2 aliphatic carbocycles. The van der Waals surface area contributed by atoms with E-state index in [1.807, 2.05) is 0 Å². The summed E-state index contributed by atoms with van der Waals surface area (Å²) in [6.45, 7) is 5.81. The number of benzene rings is 1. The van der Waals surface area contributed by atoms with Crippen LogP contribution < -0.4 is 5.32 Å². The molecule has 4 aliphatic rings. The van der Waals surface area contributed by atoms with E-state index in [0.29, 0.717) is 17.5 Å². The molecular weight excluding hydrogens is 308 g/mol. The molecule has 3 nitrogen and oxygen atoms in total. The second-order valence-electron chi connectivity index (χ2n) is 8.92. The molecule has 1 spiro atoms. The second-order valence-corrected chi connectivity index (χ2v) is 8.92. The van der Waals surface area contributed by atoms with E-state index in [1.165, 1.54) is 64.6 Å². The Labute approximate surface area is 152 Å². The zero-order valence-corrected chi connectivity index (χ0v) is 15.4. The van der Waals surface area contributed by atoms with E-state index >= 15 is 0 Å². The predicted octanol–water partition coefficient (Wildman–Crippen LogP) is 3.64. The quantitative estimate of drug-likeness (QED) is 0.905. The van der Waals surface area contributed by atoms with E-state index in [4.69, 9.17) is 4.74 Å². The summed E-state index contributed by atoms with van der Waals surface area (Å²) >= 11 is 0. The Balaban J connectivity index is 1.31. The van der Waals surface area contributed by atoms with Crippen LogP contribution in [0.1, 0.15) is 62.1 Å². The summed E-state index contributed by atoms with van der Waals surface area (Å²) in [5.41, 5.74) is 3.68. The van der Waals surface area contributed by atoms with Crippen molar-refractivity contribution in [3.05, 3.63) is 35.4 Å². The summed E-state index contributed by atoms with van der Waals surface area (Å²) in [5.74, 6) is 1.02. The minimum Gasteiger partial charge on any atom is -0.381 e. The lowest BCUT2D eigenvalue weighted by Crippen LogP contribution is -2.43. The molecule has 2 heterocycles. The van der Waals surface area contributed by atoms with Gasteiger partial charge in [0, 0.05) is 31.8 Å². The van der Waals surface area contributed by atoms with Crippen LogP contribution in [0.15, 0.2) is 24.3 Å². The predicted molar refractivity (Wildman–Crippen MR) is 101 cm³/mol. The maximum atomic E-state index is 5.55. The van der Waals surface area contributed by atoms with Crippen LogP contribution in [0.3, 0.4) is 0 Å². The molecular formula is C22H32N2O. The molecule has 1 N–H and O–H groups in total. The van der Waals surface area contributed by atoms with Crippen LogP contribution in [-0.4, -0.2) is 43.8 Å². The number of piperidine rings is 1. The maximum Gasteiger partial charge on any atom is 0.0480 e. The van der Waals surface area contributed by atoms with E-state index < -0.39 is 0 Å². The van der Waals surface area contributed by atoms with Crippen molar-refractivity contribution in [3.8, 4) is 0 Å². The number of hydrogen-bond donors (Lipinski definition) is 1. The summed E-state index contributed by atoms with van der Waals surface area (Å²) in [6.07, 6.45) is 9.29. The van der Waals surface area contributed by atoms with Crippen LogP contribution in [0.25, 0.3) is 0 Å². The third kappa shape index (κ3) is 3.27. The largest absolute Gasteiger partial charge is 0.381 e. The van der Waals surface area contributed by atoms with Crippen LogP contribution in [-0.2, 0) is 10.2 Å². The fourth-order valence-corrected chi connectivity index (χ4v) is 5.49. The molecule has 3 heteroatoms. The zero-order valence-electron chi connectivity index (χ0n) is 15.4. The first kappa shape index (κ1) is 16.3. The van der Waals surface area contributed by atoms with Gasteiger partial charge in [-0.3, -0.25) is 0 Å². The van der Waals surface area contributed by atoms with E-state index in [2.05, 4.69) is 34.5 Å². The lowest BCUT2D eigenvalue weighted by atomic mass is 9.73. The summed E-state index contributed by atoms with van der Waals surface area (Å²) in [5, 5.41) is 4.01. The molecule has 2 aliphatic heterocycles. The minimum absolute atomic E-state index is 0.430. The second kappa shape index (κ2) is 6.68. The van der Waals surface area contributed by atoms with Gasteiger partial charge in [0.05, 0.1) is 0 Å². The van der Waals surface area contributed by atoms with Crippen molar-refractivity contribution in [2.75, 3.05) is 32.8 Å². The summed E-state index contributed by atoms with van der Waals surface area (Å²) in [7, 11) is 0. The standard InChI is InChI=1S/C22H32N2O/c1-2-4-20-19(3-1)21(23-18-7-13-25-14-8-18)15-22(20)9-11-24(12-10-22)16-17-5-6-17/h1-4,17-18,21,23H,5-16H2/t21-/m0/s1. The van der Waals surface area contributed by atoms with Gasteiger partial charge in [-0.25, -0.2) is 0 Å². The van der Waals surface area contributed by atoms with Gasteiger partial charge in [-0.05, 0) is 80.5 Å². The van der Waals surface area contributed by atoms with Crippen molar-refractivity contribution in [1.29, 1.82) is 0 Å². The molecule has 1 atom stereocenters. The number of nitrogens with zero attached hydrogens (tertiary/aromatic N) is 1. The SMILES string of the molecule is c1ccc2c(c1)[C@@H](NC1CCOCC1)CC21CCN(CC2CC2)CC1. The first-order chi connectivity index (χ1) is 12.3. The Morgan fingerprint density at radius 2 is 1.80 bits per heavy atom. The Hall–Kier alpha value is -0.900. The van der Waals surface area contributed by atoms with Crippen molar-refractivity contribution < 1.29 is 4.74 Å². The van der Waals surface area contributed by atoms with Crippen LogP contribution in [0.4, 0.5) is 0 Å². The van der Waals surface area contributed by atoms with Gasteiger partial charge in [-0.1, -0.05) is 24.3 Å². The molecule has 2 saturated heterocycles. The highest BCUT2D eigenvalue weighted by Crippen LogP contribution is 2.51. The lowest BCUT2D eigenvalue weighted by Gasteiger charge is -2.40. The van der Waals surface area contributed by atoms with Gasteiger partial charge in [0.2, 0.25) is 0 Å². The van der Waals surface area contributed by atoms with Gasteiger partial charge in [0.1, 0.15) is 0 Å². The molecule has 5 rings (SSSR count). The average molecular weight is 341 g/mol. The van der Waals surface area contributed by atoms with Crippen LogP contribution >= 0.6 is 0 Å². The van der Waals surface area contributed by atoms with Gasteiger partial charge in [-0.2, -0.15) is 0 Å². The van der Waals surface area contributed by atoms with Gasteiger partial charge >= 0.3 is 0 Å². The highest BCUT2D eigenvalue weighted by Gasteiger charge is 2.45. The van der Waals surface area contributed by atoms with E-state index in [1.54, 1.807) is 11.1 Å². The van der Waals surface area contributed by atoms with Crippen molar-refractivity contribution in [2.45, 2.75) is 62.4 Å². The molecule has 25 heavy (non-hydrogen) atoms. The summed E-state index contributed by atoms with van der Waals surface area (Å²) in [6, 6.07) is 10.5. The van der Waals surface area contributed by atoms with E-state index in [9.17, 15) is 0 Å². The maximum absolute atomic E-state index is 5.55. The molecule has 3 fully saturated rings. The fraction of sp³-hybridized carbons (Fsp3) is 0.727. The number of ether oxygens (including phenoxy) is 1. The van der Waals surface area contributed by atoms with E-state index in [0.717, 1.165) is 19.1 Å². The molecule has 0 radical (unpaired) electrons. The van der Waals surface area contributed by atoms with Crippen molar-refractivity contribution >= 4 is 0 Å². The van der Waals surface area contributed by atoms with Crippen molar-refractivity contribution in [2.24, 2.45) is 5.92 Å². The Morgan fingerprint density at radius 1 is 1.04 bits per heavy atom. The Bertz CT molecular complexity index is 598. The molecule has 1 aromatic carbocycles. The van der Waals surface area contributed by atoms with Gasteiger partial charge in [0.15, 0.2) is 0 Å². The van der Waals surface area contributed by atoms with Crippen molar-refractivity contribution in [3.63, 3.8) is 0 Å². The molecule has 0 aromatic heterocycles. The normalized spacial score (nSPS) is 29.8. The Morgan fingerprint density at radius 3 is 2.56 bits per heavy atom. The monoisotopic (exact) mass is 340 g/mol. The molecule has 136 valence electrons. The minimum atomic E-state index is 0.430. The first-order valence-electron chi connectivity index (χ1n) is 10.5. The summed E-state index contributed by atoms with van der Waals surface area (Å²) < 4.78 is 5.55. The number of fused-ring (bicyclic) bond motifs is 2. The van der Waals surface area contributed by atoms with Gasteiger partial charge in [-0.15, -0.1) is 0 Å². The smallest absolute Gasteiger partial charge is 0.0480 e. The fourth-order valence-electron chi connectivity index (χ4n) is 5.49. The number of likely N-dealkylation sites (tertiary alicyclic amines) is 1. The summed E-state index contributed by atoms with van der Waals surface area (Å²) in [4.78, 5) is 2.74. The Kier molecular flexibility index (Phi) is 4.35. The topological polar surface area (TPSA) is 24.5 Å². The third-order valence-corrected chi connectivity index (χ3v) is 7.19. The molecule has 0 bridgehead atoms. The zero-order chi connectivity index (χ0) is 16.7. The molecule has 1 saturated carbocycles. The van der Waals surface area contributed by atoms with Crippen LogP contribution in [0.5, 0.6) is 0 Å². The third-order valence-electron chi connectivity index (χ3n) is 7.19. The molecule has 0 unspecified atom stereocenters. The lowest BCUT2D eigenvalue weighted by molar-refractivity contribution is 0.0731. The molecule has 0 amide bonds. The number of hydrogen-bond acceptors (Lipinski definition) is 3. The highest BCUT2D eigenvalue weighted by molar-refractivity contribution is 5.43. The number of rotatable bonds is 4. The molecule has 1 aromatic rings. The number of nitrogens with one attached hydrogen (secondary N) is 1. The van der Waals surface area contributed by atoms with Crippen LogP contribution in [0, 0.1) is 5.92 Å². The van der Waals surface area contributed by atoms with Crippen molar-refractivity contribution in [1.82, 2.24) is 10.2 Å². The van der Waals surface area contributed by atoms with Gasteiger partial charge < -0.3 is 15.0 Å². The van der Waals surface area contributed by atoms with Gasteiger partial charge in [0.25, 0.3) is 0 Å². The van der Waals surface area contributed by atoms with E-state index in [-0.39, 0.29) is 0 Å². The average Bonchev–Trinajstić information content (AvgIpc) is 3.43. The highest BCUT2D eigenvalue weighted by atomic mass is 16.5. The first-order valence-corrected chi connectivity index (χ1v) is 10.5.